The van der Waals surface area contributed by atoms with Crippen LogP contribution in [0.15, 0.2) is 24.3 Å². The van der Waals surface area contributed by atoms with E-state index in [0.717, 1.165) is 17.6 Å². The Hall–Kier alpha value is -1.92. The van der Waals surface area contributed by atoms with Gasteiger partial charge in [0, 0.05) is 13.7 Å². The van der Waals surface area contributed by atoms with Gasteiger partial charge in [0.15, 0.2) is 0 Å². The number of fused-ring (bicyclic) bond motifs is 1. The summed E-state index contributed by atoms with van der Waals surface area (Å²) in [5.41, 5.74) is 7.52. The number of aromatic nitrogens is 2. The molecule has 0 aliphatic rings. The third kappa shape index (κ3) is 2.74. The van der Waals surface area contributed by atoms with Crippen LogP contribution < -0.4 is 11.1 Å². The second-order valence-electron chi connectivity index (χ2n) is 4.22. The maximum atomic E-state index is 11.9. The smallest absolute Gasteiger partial charge is 0.245 e. The first-order valence-electron chi connectivity index (χ1n) is 6.18. The van der Waals surface area contributed by atoms with Crippen molar-refractivity contribution in [2.45, 2.75) is 19.5 Å². The van der Waals surface area contributed by atoms with Crippen molar-refractivity contribution in [1.82, 2.24) is 9.55 Å². The molecule has 6 nitrogen and oxygen atoms in total. The van der Waals surface area contributed by atoms with Gasteiger partial charge in [-0.3, -0.25) is 10.1 Å². The first-order valence-corrected chi connectivity index (χ1v) is 6.18. The molecule has 0 fully saturated rings. The SMILES string of the molecule is CCn1c(NC(=O)C(N)COC)nc2ccccc21. The molecule has 0 saturated carbocycles. The molecule has 2 rings (SSSR count). The summed E-state index contributed by atoms with van der Waals surface area (Å²) in [6, 6.07) is 7.04. The fourth-order valence-electron chi connectivity index (χ4n) is 1.95. The number of imidazole rings is 1. The van der Waals surface area contributed by atoms with Gasteiger partial charge in [-0.15, -0.1) is 0 Å². The van der Waals surface area contributed by atoms with Crippen LogP contribution in [0.2, 0.25) is 0 Å². The molecule has 19 heavy (non-hydrogen) atoms. The second-order valence-corrected chi connectivity index (χ2v) is 4.22. The van der Waals surface area contributed by atoms with Crippen LogP contribution in [0, 0.1) is 0 Å². The van der Waals surface area contributed by atoms with Crippen molar-refractivity contribution in [2.75, 3.05) is 19.0 Å². The summed E-state index contributed by atoms with van der Waals surface area (Å²) in [4.78, 5) is 16.3. The molecule has 0 bridgehead atoms. The van der Waals surface area contributed by atoms with Crippen LogP contribution >= 0.6 is 0 Å². The number of benzene rings is 1. The highest BCUT2D eigenvalue weighted by atomic mass is 16.5. The van der Waals surface area contributed by atoms with E-state index in [0.29, 0.717) is 5.95 Å². The number of hydrogen-bond acceptors (Lipinski definition) is 4. The third-order valence-corrected chi connectivity index (χ3v) is 2.89. The number of nitrogens with zero attached hydrogens (tertiary/aromatic N) is 2. The molecule has 1 heterocycles. The van der Waals surface area contributed by atoms with E-state index in [4.69, 9.17) is 10.5 Å². The summed E-state index contributed by atoms with van der Waals surface area (Å²) in [6.07, 6.45) is 0. The highest BCUT2D eigenvalue weighted by Gasteiger charge is 2.17. The first kappa shape index (κ1) is 13.5. The van der Waals surface area contributed by atoms with Crippen molar-refractivity contribution >= 4 is 22.9 Å². The van der Waals surface area contributed by atoms with Crippen LogP contribution in [0.25, 0.3) is 11.0 Å². The van der Waals surface area contributed by atoms with E-state index < -0.39 is 6.04 Å². The van der Waals surface area contributed by atoms with Gasteiger partial charge in [0.05, 0.1) is 17.6 Å². The summed E-state index contributed by atoms with van der Waals surface area (Å²) < 4.78 is 6.80. The van der Waals surface area contributed by atoms with E-state index in [1.54, 1.807) is 0 Å². The Morgan fingerprint density at radius 1 is 1.53 bits per heavy atom. The lowest BCUT2D eigenvalue weighted by Crippen LogP contribution is -2.39. The quantitative estimate of drug-likeness (QED) is 0.841. The van der Waals surface area contributed by atoms with Crippen molar-refractivity contribution in [3.8, 4) is 0 Å². The lowest BCUT2D eigenvalue weighted by Gasteiger charge is -2.11. The van der Waals surface area contributed by atoms with E-state index in [1.165, 1.54) is 7.11 Å². The minimum atomic E-state index is -0.699. The summed E-state index contributed by atoms with van der Waals surface area (Å²) in [5, 5.41) is 2.74. The van der Waals surface area contributed by atoms with Crippen LogP contribution in [0.4, 0.5) is 5.95 Å². The normalized spacial score (nSPS) is 12.6. The molecule has 1 aromatic heterocycles. The Bertz CT molecular complexity index is 579. The number of nitrogens with one attached hydrogen (secondary N) is 1. The largest absolute Gasteiger partial charge is 0.383 e. The van der Waals surface area contributed by atoms with E-state index >= 15 is 0 Å². The van der Waals surface area contributed by atoms with Gasteiger partial charge in [0.1, 0.15) is 6.04 Å². The number of nitrogens with two attached hydrogens (primary N) is 1. The molecule has 0 aliphatic carbocycles. The summed E-state index contributed by atoms with van der Waals surface area (Å²) in [6.45, 7) is 2.90. The number of hydrogen-bond donors (Lipinski definition) is 2. The number of anilines is 1. The Morgan fingerprint density at radius 3 is 2.95 bits per heavy atom. The molecule has 3 N–H and O–H groups in total. The molecule has 6 heteroatoms. The number of para-hydroxylation sites is 2. The fourth-order valence-corrected chi connectivity index (χ4v) is 1.95. The Kier molecular flexibility index (Phi) is 4.13. The molecule has 1 atom stereocenters. The number of carbonyl (C=O) groups excluding carboxylic acids is 1. The Labute approximate surface area is 111 Å². The second kappa shape index (κ2) is 5.81. The molecule has 2 aromatic rings. The topological polar surface area (TPSA) is 82.2 Å². The van der Waals surface area contributed by atoms with Gasteiger partial charge >= 0.3 is 0 Å². The molecule has 1 unspecified atom stereocenters. The summed E-state index contributed by atoms with van der Waals surface area (Å²) >= 11 is 0. The standard InChI is InChI=1S/C13H18N4O2/c1-3-17-11-7-5-4-6-10(11)15-13(17)16-12(18)9(14)8-19-2/h4-7,9H,3,8,14H2,1-2H3,(H,15,16,18). The zero-order valence-electron chi connectivity index (χ0n) is 11.1. The third-order valence-electron chi connectivity index (χ3n) is 2.89. The number of methoxy groups -OCH3 is 1. The van der Waals surface area contributed by atoms with Crippen LogP contribution in [0.5, 0.6) is 0 Å². The average molecular weight is 262 g/mol. The average Bonchev–Trinajstić information content (AvgIpc) is 2.75. The van der Waals surface area contributed by atoms with E-state index in [-0.39, 0.29) is 12.5 Å². The van der Waals surface area contributed by atoms with Gasteiger partial charge in [-0.25, -0.2) is 4.98 Å². The number of amides is 1. The van der Waals surface area contributed by atoms with Gasteiger partial charge in [0.25, 0.3) is 0 Å². The predicted molar refractivity (Wildman–Crippen MR) is 73.9 cm³/mol. The zero-order valence-corrected chi connectivity index (χ0v) is 11.1. The molecule has 1 amide bonds. The highest BCUT2D eigenvalue weighted by molar-refractivity contribution is 5.95. The number of carbonyl (C=O) groups is 1. The summed E-state index contributed by atoms with van der Waals surface area (Å²) in [5.74, 6) is 0.215. The van der Waals surface area contributed by atoms with Gasteiger partial charge in [0.2, 0.25) is 11.9 Å². The van der Waals surface area contributed by atoms with Crippen LogP contribution in [-0.2, 0) is 16.1 Å². The monoisotopic (exact) mass is 262 g/mol. The first-order chi connectivity index (χ1) is 9.17. The van der Waals surface area contributed by atoms with Crippen molar-refractivity contribution in [3.05, 3.63) is 24.3 Å². The number of rotatable bonds is 5. The number of aryl methyl sites for hydroxylation is 1. The Balaban J connectivity index is 2.27. The highest BCUT2D eigenvalue weighted by Crippen LogP contribution is 2.19. The van der Waals surface area contributed by atoms with Crippen molar-refractivity contribution in [3.63, 3.8) is 0 Å². The maximum Gasteiger partial charge on any atom is 0.245 e. The fraction of sp³-hybridized carbons (Fsp3) is 0.385. The Morgan fingerprint density at radius 2 is 2.26 bits per heavy atom. The van der Waals surface area contributed by atoms with Crippen molar-refractivity contribution in [2.24, 2.45) is 5.73 Å². The molecule has 0 radical (unpaired) electrons. The van der Waals surface area contributed by atoms with E-state index in [9.17, 15) is 4.79 Å². The maximum absolute atomic E-state index is 11.9. The lowest BCUT2D eigenvalue weighted by molar-refractivity contribution is -0.118. The zero-order chi connectivity index (χ0) is 13.8. The number of ether oxygens (including phenoxy) is 1. The van der Waals surface area contributed by atoms with Crippen molar-refractivity contribution < 1.29 is 9.53 Å². The van der Waals surface area contributed by atoms with Crippen LogP contribution in [0.1, 0.15) is 6.92 Å². The predicted octanol–water partition coefficient (Wildman–Crippen LogP) is 0.968. The molecular weight excluding hydrogens is 244 g/mol. The molecule has 1 aromatic carbocycles. The van der Waals surface area contributed by atoms with Gasteiger partial charge in [-0.2, -0.15) is 0 Å². The van der Waals surface area contributed by atoms with Gasteiger partial charge in [-0.05, 0) is 19.1 Å². The van der Waals surface area contributed by atoms with E-state index in [2.05, 4.69) is 10.3 Å². The molecule has 0 spiro atoms. The van der Waals surface area contributed by atoms with Gasteiger partial charge < -0.3 is 15.0 Å². The molecular formula is C13H18N4O2. The minimum Gasteiger partial charge on any atom is -0.383 e. The van der Waals surface area contributed by atoms with Crippen LogP contribution in [0.3, 0.4) is 0 Å². The van der Waals surface area contributed by atoms with Crippen molar-refractivity contribution in [1.29, 1.82) is 0 Å². The summed E-state index contributed by atoms with van der Waals surface area (Å²) in [7, 11) is 1.51. The molecule has 0 saturated heterocycles. The van der Waals surface area contributed by atoms with Crippen LogP contribution in [-0.4, -0.2) is 35.2 Å². The minimum absolute atomic E-state index is 0.179. The molecule has 0 aliphatic heterocycles. The molecule has 102 valence electrons. The van der Waals surface area contributed by atoms with Gasteiger partial charge in [-0.1, -0.05) is 12.1 Å². The van der Waals surface area contributed by atoms with E-state index in [1.807, 2.05) is 35.8 Å². The lowest BCUT2D eigenvalue weighted by atomic mass is 10.3.